The SMILES string of the molecule is Cc1s/c(=N/C(=O)c2ccccc2)n(C)c1-c1ccccc1. The van der Waals surface area contributed by atoms with E-state index < -0.39 is 0 Å². The van der Waals surface area contributed by atoms with Crippen LogP contribution < -0.4 is 4.80 Å². The van der Waals surface area contributed by atoms with E-state index in [-0.39, 0.29) is 5.91 Å². The van der Waals surface area contributed by atoms with Crippen LogP contribution in [0, 0.1) is 6.92 Å². The van der Waals surface area contributed by atoms with Crippen molar-refractivity contribution in [3.05, 3.63) is 75.9 Å². The molecule has 3 nitrogen and oxygen atoms in total. The average Bonchev–Trinajstić information content (AvgIpc) is 2.83. The zero-order valence-electron chi connectivity index (χ0n) is 12.5. The van der Waals surface area contributed by atoms with Crippen LogP contribution >= 0.6 is 11.3 Å². The summed E-state index contributed by atoms with van der Waals surface area (Å²) >= 11 is 1.53. The Balaban J connectivity index is 2.07. The average molecular weight is 308 g/mol. The molecule has 22 heavy (non-hydrogen) atoms. The third-order valence-electron chi connectivity index (χ3n) is 3.47. The van der Waals surface area contributed by atoms with Gasteiger partial charge in [0.2, 0.25) is 0 Å². The number of carbonyl (C=O) groups excluding carboxylic acids is 1. The molecule has 0 aliphatic carbocycles. The van der Waals surface area contributed by atoms with Crippen LogP contribution in [0.15, 0.2) is 65.7 Å². The lowest BCUT2D eigenvalue weighted by Crippen LogP contribution is -2.14. The van der Waals surface area contributed by atoms with Crippen LogP contribution in [0.3, 0.4) is 0 Å². The molecule has 0 saturated carbocycles. The van der Waals surface area contributed by atoms with Crippen LogP contribution in [-0.4, -0.2) is 10.5 Å². The molecule has 0 N–H and O–H groups in total. The van der Waals surface area contributed by atoms with E-state index in [0.717, 1.165) is 16.1 Å². The minimum absolute atomic E-state index is 0.211. The Labute approximate surface area is 133 Å². The van der Waals surface area contributed by atoms with Crippen molar-refractivity contribution in [1.29, 1.82) is 0 Å². The zero-order chi connectivity index (χ0) is 15.5. The molecule has 3 aromatic rings. The second-order valence-corrected chi connectivity index (χ2v) is 6.18. The van der Waals surface area contributed by atoms with Gasteiger partial charge in [-0.15, -0.1) is 11.3 Å². The molecule has 0 fully saturated rings. The van der Waals surface area contributed by atoms with Gasteiger partial charge in [0.1, 0.15) is 0 Å². The number of amides is 1. The quantitative estimate of drug-likeness (QED) is 0.709. The predicted molar refractivity (Wildman–Crippen MR) is 89.8 cm³/mol. The molecule has 2 aromatic carbocycles. The molecule has 0 aliphatic rings. The van der Waals surface area contributed by atoms with Gasteiger partial charge in [-0.1, -0.05) is 48.5 Å². The van der Waals surface area contributed by atoms with Crippen LogP contribution in [0.4, 0.5) is 0 Å². The molecular weight excluding hydrogens is 292 g/mol. The van der Waals surface area contributed by atoms with Gasteiger partial charge in [-0.25, -0.2) is 0 Å². The number of rotatable bonds is 2. The summed E-state index contributed by atoms with van der Waals surface area (Å²) in [5.74, 6) is -0.211. The van der Waals surface area contributed by atoms with Crippen molar-refractivity contribution in [2.75, 3.05) is 0 Å². The first-order chi connectivity index (χ1) is 10.7. The second kappa shape index (κ2) is 6.12. The molecule has 0 radical (unpaired) electrons. The highest BCUT2D eigenvalue weighted by molar-refractivity contribution is 7.09. The topological polar surface area (TPSA) is 34.4 Å². The number of nitrogens with zero attached hydrogens (tertiary/aromatic N) is 2. The first kappa shape index (κ1) is 14.5. The Morgan fingerprint density at radius 2 is 1.59 bits per heavy atom. The number of aryl methyl sites for hydroxylation is 1. The third-order valence-corrected chi connectivity index (χ3v) is 4.51. The maximum absolute atomic E-state index is 12.3. The maximum Gasteiger partial charge on any atom is 0.279 e. The summed E-state index contributed by atoms with van der Waals surface area (Å²) < 4.78 is 1.98. The van der Waals surface area contributed by atoms with Gasteiger partial charge in [-0.3, -0.25) is 4.79 Å². The molecule has 0 saturated heterocycles. The number of aromatic nitrogens is 1. The fraction of sp³-hybridized carbons (Fsp3) is 0.111. The number of hydrogen-bond donors (Lipinski definition) is 0. The van der Waals surface area contributed by atoms with E-state index >= 15 is 0 Å². The highest BCUT2D eigenvalue weighted by Gasteiger charge is 2.11. The van der Waals surface area contributed by atoms with Crippen molar-refractivity contribution >= 4 is 17.2 Å². The second-order valence-electron chi connectivity index (χ2n) is 5.00. The molecule has 1 aromatic heterocycles. The molecule has 0 unspecified atom stereocenters. The Hall–Kier alpha value is -2.46. The lowest BCUT2D eigenvalue weighted by atomic mass is 10.1. The van der Waals surface area contributed by atoms with Crippen molar-refractivity contribution < 1.29 is 4.79 Å². The van der Waals surface area contributed by atoms with E-state index in [1.807, 2.05) is 48.0 Å². The molecule has 0 aliphatic heterocycles. The molecule has 0 spiro atoms. The van der Waals surface area contributed by atoms with Gasteiger partial charge < -0.3 is 4.57 Å². The molecule has 0 atom stereocenters. The van der Waals surface area contributed by atoms with E-state index in [9.17, 15) is 4.79 Å². The predicted octanol–water partition coefficient (Wildman–Crippen LogP) is 3.80. The van der Waals surface area contributed by atoms with Crippen molar-refractivity contribution in [3.8, 4) is 11.3 Å². The van der Waals surface area contributed by atoms with Crippen molar-refractivity contribution in [3.63, 3.8) is 0 Å². The first-order valence-corrected chi connectivity index (χ1v) is 7.84. The van der Waals surface area contributed by atoms with Gasteiger partial charge in [-0.2, -0.15) is 4.99 Å². The van der Waals surface area contributed by atoms with E-state index in [4.69, 9.17) is 0 Å². The van der Waals surface area contributed by atoms with Gasteiger partial charge in [0, 0.05) is 17.5 Å². The van der Waals surface area contributed by atoms with Crippen molar-refractivity contribution in [2.45, 2.75) is 6.92 Å². The Kier molecular flexibility index (Phi) is 4.02. The summed E-state index contributed by atoms with van der Waals surface area (Å²) in [6.45, 7) is 2.05. The fourth-order valence-electron chi connectivity index (χ4n) is 2.41. The van der Waals surface area contributed by atoms with Crippen LogP contribution in [0.5, 0.6) is 0 Å². The molecular formula is C18H16N2OS. The normalized spacial score (nSPS) is 11.6. The number of hydrogen-bond acceptors (Lipinski definition) is 2. The Morgan fingerprint density at radius 1 is 1.00 bits per heavy atom. The summed E-state index contributed by atoms with van der Waals surface area (Å²) in [6, 6.07) is 19.3. The van der Waals surface area contributed by atoms with Crippen LogP contribution in [-0.2, 0) is 7.05 Å². The van der Waals surface area contributed by atoms with Gasteiger partial charge in [-0.05, 0) is 24.6 Å². The highest BCUT2D eigenvalue weighted by Crippen LogP contribution is 2.23. The lowest BCUT2D eigenvalue weighted by molar-refractivity contribution is 0.0998. The van der Waals surface area contributed by atoms with E-state index in [1.165, 1.54) is 11.3 Å². The van der Waals surface area contributed by atoms with E-state index in [0.29, 0.717) is 10.4 Å². The molecule has 3 rings (SSSR count). The Bertz CT molecular complexity index is 861. The molecule has 1 amide bonds. The maximum atomic E-state index is 12.3. The van der Waals surface area contributed by atoms with Crippen LogP contribution in [0.2, 0.25) is 0 Å². The summed E-state index contributed by atoms with van der Waals surface area (Å²) in [5, 5.41) is 0. The summed E-state index contributed by atoms with van der Waals surface area (Å²) in [4.78, 5) is 18.4. The van der Waals surface area contributed by atoms with E-state index in [1.54, 1.807) is 12.1 Å². The molecule has 4 heteroatoms. The van der Waals surface area contributed by atoms with Gasteiger partial charge >= 0.3 is 0 Å². The monoisotopic (exact) mass is 308 g/mol. The summed E-state index contributed by atoms with van der Waals surface area (Å²) in [6.07, 6.45) is 0. The van der Waals surface area contributed by atoms with Gasteiger partial charge in [0.25, 0.3) is 5.91 Å². The first-order valence-electron chi connectivity index (χ1n) is 7.03. The zero-order valence-corrected chi connectivity index (χ0v) is 13.3. The fourth-order valence-corrected chi connectivity index (χ4v) is 3.39. The minimum atomic E-state index is -0.211. The van der Waals surface area contributed by atoms with Gasteiger partial charge in [0.15, 0.2) is 4.80 Å². The van der Waals surface area contributed by atoms with Crippen molar-refractivity contribution in [1.82, 2.24) is 4.57 Å². The lowest BCUT2D eigenvalue weighted by Gasteiger charge is -2.04. The Morgan fingerprint density at radius 3 is 2.23 bits per heavy atom. The number of benzene rings is 2. The smallest absolute Gasteiger partial charge is 0.279 e. The summed E-state index contributed by atoms with van der Waals surface area (Å²) in [7, 11) is 1.95. The number of carbonyl (C=O) groups is 1. The van der Waals surface area contributed by atoms with E-state index in [2.05, 4.69) is 24.0 Å². The molecule has 0 bridgehead atoms. The standard InChI is InChI=1S/C18H16N2OS/c1-13-16(14-9-5-3-6-10-14)20(2)18(22-13)19-17(21)15-11-7-4-8-12-15/h3-12H,1-2H3/b19-18+. The van der Waals surface area contributed by atoms with Crippen LogP contribution in [0.1, 0.15) is 15.2 Å². The minimum Gasteiger partial charge on any atom is -0.319 e. The molecule has 110 valence electrons. The summed E-state index contributed by atoms with van der Waals surface area (Å²) in [5.41, 5.74) is 2.84. The third kappa shape index (κ3) is 2.78. The number of thiazole rings is 1. The highest BCUT2D eigenvalue weighted by atomic mass is 32.1. The molecule has 1 heterocycles. The van der Waals surface area contributed by atoms with Crippen molar-refractivity contribution in [2.24, 2.45) is 12.0 Å². The largest absolute Gasteiger partial charge is 0.319 e. The van der Waals surface area contributed by atoms with Crippen LogP contribution in [0.25, 0.3) is 11.3 Å². The van der Waals surface area contributed by atoms with Gasteiger partial charge in [0.05, 0.1) is 5.69 Å².